The lowest BCUT2D eigenvalue weighted by Crippen LogP contribution is -2.27. The number of rotatable bonds is 8. The molecule has 7 heteroatoms. The Labute approximate surface area is 175 Å². The van der Waals surface area contributed by atoms with E-state index in [9.17, 15) is 4.79 Å². The molecule has 0 radical (unpaired) electrons. The fourth-order valence-corrected chi connectivity index (χ4v) is 3.56. The Morgan fingerprint density at radius 2 is 2.00 bits per heavy atom. The molecule has 1 saturated heterocycles. The van der Waals surface area contributed by atoms with Crippen molar-refractivity contribution in [2.45, 2.75) is 38.8 Å². The molecule has 1 aromatic heterocycles. The van der Waals surface area contributed by atoms with Crippen LogP contribution in [0.25, 0.3) is 11.4 Å². The summed E-state index contributed by atoms with van der Waals surface area (Å²) in [6.45, 7) is 3.23. The van der Waals surface area contributed by atoms with E-state index in [-0.39, 0.29) is 11.9 Å². The summed E-state index contributed by atoms with van der Waals surface area (Å²) in [7, 11) is 1.63. The van der Waals surface area contributed by atoms with Crippen molar-refractivity contribution in [1.82, 2.24) is 15.0 Å². The number of hydrogen-bond acceptors (Lipinski definition) is 6. The van der Waals surface area contributed by atoms with E-state index in [4.69, 9.17) is 14.0 Å². The molecule has 0 saturated carbocycles. The van der Waals surface area contributed by atoms with Gasteiger partial charge in [-0.3, -0.25) is 4.79 Å². The van der Waals surface area contributed by atoms with Gasteiger partial charge in [0.05, 0.1) is 13.7 Å². The maximum absolute atomic E-state index is 12.5. The zero-order valence-corrected chi connectivity index (χ0v) is 17.2. The maximum Gasteiger partial charge on any atom is 0.249 e. The van der Waals surface area contributed by atoms with Crippen LogP contribution in [0.3, 0.4) is 0 Å². The Morgan fingerprint density at radius 3 is 2.77 bits per heavy atom. The van der Waals surface area contributed by atoms with Crippen LogP contribution in [-0.2, 0) is 11.3 Å². The first-order valence-electron chi connectivity index (χ1n) is 10.2. The SMILES string of the molecule is CCCOc1ccc(-c2noc(C3CCC(=O)N3Cc3cccc(OC)c3)n2)cc1. The molecule has 156 valence electrons. The van der Waals surface area contributed by atoms with Gasteiger partial charge in [-0.2, -0.15) is 4.98 Å². The van der Waals surface area contributed by atoms with Crippen molar-refractivity contribution >= 4 is 5.91 Å². The lowest BCUT2D eigenvalue weighted by Gasteiger charge is -2.22. The molecule has 7 nitrogen and oxygen atoms in total. The normalized spacial score (nSPS) is 16.1. The van der Waals surface area contributed by atoms with E-state index in [1.165, 1.54) is 0 Å². The summed E-state index contributed by atoms with van der Waals surface area (Å²) in [5.74, 6) is 2.63. The first-order valence-corrected chi connectivity index (χ1v) is 10.2. The minimum Gasteiger partial charge on any atom is -0.497 e. The standard InChI is InChI=1S/C23H25N3O4/c1-3-13-29-18-9-7-17(8-10-18)22-24-23(30-25-22)20-11-12-21(27)26(20)15-16-5-4-6-19(14-16)28-2/h4-10,14,20H,3,11-13,15H2,1-2H3. The Balaban J connectivity index is 1.50. The topological polar surface area (TPSA) is 77.7 Å². The molecule has 1 fully saturated rings. The van der Waals surface area contributed by atoms with Crippen LogP contribution >= 0.6 is 0 Å². The number of likely N-dealkylation sites (tertiary alicyclic amines) is 1. The molecule has 0 bridgehead atoms. The van der Waals surface area contributed by atoms with Crippen LogP contribution in [-0.4, -0.2) is 34.7 Å². The van der Waals surface area contributed by atoms with Gasteiger partial charge in [-0.25, -0.2) is 0 Å². The van der Waals surface area contributed by atoms with E-state index in [0.29, 0.717) is 37.7 Å². The van der Waals surface area contributed by atoms with Crippen molar-refractivity contribution in [1.29, 1.82) is 0 Å². The van der Waals surface area contributed by atoms with Crippen molar-refractivity contribution in [3.63, 3.8) is 0 Å². The lowest BCUT2D eigenvalue weighted by molar-refractivity contribution is -0.130. The summed E-state index contributed by atoms with van der Waals surface area (Å²) in [4.78, 5) is 18.9. The molecule has 0 N–H and O–H groups in total. The van der Waals surface area contributed by atoms with Gasteiger partial charge in [0.25, 0.3) is 0 Å². The third-order valence-electron chi connectivity index (χ3n) is 5.13. The summed E-state index contributed by atoms with van der Waals surface area (Å²) < 4.78 is 16.4. The smallest absolute Gasteiger partial charge is 0.249 e. The van der Waals surface area contributed by atoms with Crippen LogP contribution in [0.5, 0.6) is 11.5 Å². The van der Waals surface area contributed by atoms with E-state index in [2.05, 4.69) is 17.1 Å². The van der Waals surface area contributed by atoms with E-state index in [1.807, 2.05) is 48.5 Å². The molecule has 2 aromatic carbocycles. The zero-order valence-electron chi connectivity index (χ0n) is 17.2. The summed E-state index contributed by atoms with van der Waals surface area (Å²) in [6.07, 6.45) is 2.09. The number of carbonyl (C=O) groups is 1. The van der Waals surface area contributed by atoms with Crippen molar-refractivity contribution in [3.05, 3.63) is 60.0 Å². The molecule has 1 aliphatic rings. The van der Waals surface area contributed by atoms with Gasteiger partial charge < -0.3 is 18.9 Å². The Morgan fingerprint density at radius 1 is 1.17 bits per heavy atom. The number of benzene rings is 2. The van der Waals surface area contributed by atoms with Crippen LogP contribution < -0.4 is 9.47 Å². The molecule has 1 amide bonds. The highest BCUT2D eigenvalue weighted by atomic mass is 16.5. The van der Waals surface area contributed by atoms with Crippen molar-refractivity contribution < 1.29 is 18.8 Å². The molecular weight excluding hydrogens is 382 g/mol. The van der Waals surface area contributed by atoms with E-state index < -0.39 is 0 Å². The Hall–Kier alpha value is -3.35. The number of aromatic nitrogens is 2. The highest BCUT2D eigenvalue weighted by Crippen LogP contribution is 2.34. The number of methoxy groups -OCH3 is 1. The summed E-state index contributed by atoms with van der Waals surface area (Å²) in [6, 6.07) is 15.1. The average Bonchev–Trinajstić information content (AvgIpc) is 3.40. The van der Waals surface area contributed by atoms with E-state index >= 15 is 0 Å². The van der Waals surface area contributed by atoms with Gasteiger partial charge in [-0.05, 0) is 54.8 Å². The molecule has 3 aromatic rings. The molecule has 1 aliphatic heterocycles. The summed E-state index contributed by atoms with van der Waals surface area (Å²) in [5.41, 5.74) is 1.84. The van der Waals surface area contributed by atoms with Crippen LogP contribution in [0.1, 0.15) is 43.7 Å². The molecule has 1 atom stereocenters. The molecular formula is C23H25N3O4. The van der Waals surface area contributed by atoms with Crippen molar-refractivity contribution in [2.75, 3.05) is 13.7 Å². The minimum atomic E-state index is -0.225. The Bertz CT molecular complexity index is 1000. The second-order valence-electron chi connectivity index (χ2n) is 7.26. The van der Waals surface area contributed by atoms with Gasteiger partial charge >= 0.3 is 0 Å². The monoisotopic (exact) mass is 407 g/mol. The quantitative estimate of drug-likeness (QED) is 0.551. The lowest BCUT2D eigenvalue weighted by atomic mass is 10.1. The third kappa shape index (κ3) is 4.30. The van der Waals surface area contributed by atoms with Crippen molar-refractivity contribution in [2.24, 2.45) is 0 Å². The van der Waals surface area contributed by atoms with E-state index in [1.54, 1.807) is 12.0 Å². The van der Waals surface area contributed by atoms with Crippen LogP contribution in [0.4, 0.5) is 0 Å². The molecule has 0 aliphatic carbocycles. The molecule has 4 rings (SSSR count). The molecule has 0 spiro atoms. The second-order valence-corrected chi connectivity index (χ2v) is 7.26. The van der Waals surface area contributed by atoms with Gasteiger partial charge in [0.2, 0.25) is 17.6 Å². The van der Waals surface area contributed by atoms with Crippen molar-refractivity contribution in [3.8, 4) is 22.9 Å². The largest absolute Gasteiger partial charge is 0.497 e. The Kier molecular flexibility index (Phi) is 5.97. The third-order valence-corrected chi connectivity index (χ3v) is 5.13. The molecule has 2 heterocycles. The zero-order chi connectivity index (χ0) is 20.9. The first kappa shape index (κ1) is 19.9. The highest BCUT2D eigenvalue weighted by Gasteiger charge is 2.36. The number of ether oxygens (including phenoxy) is 2. The predicted octanol–water partition coefficient (Wildman–Crippen LogP) is 4.40. The summed E-state index contributed by atoms with van der Waals surface area (Å²) in [5, 5.41) is 4.13. The number of hydrogen-bond donors (Lipinski definition) is 0. The highest BCUT2D eigenvalue weighted by molar-refractivity contribution is 5.78. The van der Waals surface area contributed by atoms with Gasteiger partial charge in [0.1, 0.15) is 17.5 Å². The van der Waals surface area contributed by atoms with Crippen LogP contribution in [0.15, 0.2) is 53.1 Å². The molecule has 30 heavy (non-hydrogen) atoms. The molecule has 1 unspecified atom stereocenters. The average molecular weight is 407 g/mol. The summed E-state index contributed by atoms with van der Waals surface area (Å²) >= 11 is 0. The van der Waals surface area contributed by atoms with E-state index in [0.717, 1.165) is 29.0 Å². The fourth-order valence-electron chi connectivity index (χ4n) is 3.56. The second kappa shape index (κ2) is 8.98. The van der Waals surface area contributed by atoms with Gasteiger partial charge in [0, 0.05) is 18.5 Å². The van der Waals surface area contributed by atoms with Gasteiger partial charge in [-0.1, -0.05) is 24.2 Å². The van der Waals surface area contributed by atoms with Crippen LogP contribution in [0.2, 0.25) is 0 Å². The van der Waals surface area contributed by atoms with Gasteiger partial charge in [-0.15, -0.1) is 0 Å². The number of amides is 1. The van der Waals surface area contributed by atoms with Gasteiger partial charge in [0.15, 0.2) is 0 Å². The number of carbonyl (C=O) groups excluding carboxylic acids is 1. The number of nitrogens with zero attached hydrogens (tertiary/aromatic N) is 3. The van der Waals surface area contributed by atoms with Crippen LogP contribution in [0, 0.1) is 0 Å². The first-order chi connectivity index (χ1) is 14.7. The fraction of sp³-hybridized carbons (Fsp3) is 0.348. The maximum atomic E-state index is 12.5. The predicted molar refractivity (Wildman–Crippen MR) is 111 cm³/mol. The minimum absolute atomic E-state index is 0.0833.